The second kappa shape index (κ2) is 19.3. The highest BCUT2D eigenvalue weighted by Gasteiger charge is 2.46. The van der Waals surface area contributed by atoms with E-state index < -0.39 is 41.4 Å². The summed E-state index contributed by atoms with van der Waals surface area (Å²) >= 11 is 6.73. The lowest BCUT2D eigenvalue weighted by Gasteiger charge is -2.39. The van der Waals surface area contributed by atoms with Crippen molar-refractivity contribution < 1.29 is 42.6 Å². The largest absolute Gasteiger partial charge is 0.488 e. The molecule has 6 amide bonds. The van der Waals surface area contributed by atoms with Gasteiger partial charge in [-0.05, 0) is 79.6 Å². The van der Waals surface area contributed by atoms with E-state index in [0.29, 0.717) is 44.0 Å². The summed E-state index contributed by atoms with van der Waals surface area (Å²) in [6.07, 6.45) is 3.15. The number of imide groups is 2. The second-order valence-electron chi connectivity index (χ2n) is 16.6. The molecule has 0 bridgehead atoms. The standard InChI is InChI=1S/C48H50ClFN6O8/c1-63-24-25-64-39-18-15-32(44(51)58)41(43(39)50)34-26-30(12-16-36(34)49)35(28-6-3-2-4-7-28)27-52-31-13-10-29(11-14-31)46(60)55-22-20-54(21-23-55)37-9-5-8-33-42(37)48(62)56(47(33)61)38-17-19-40(57)53-45(38)59/h2-9,12,15-16,18,26,29,31,35,38,52H,10-11,13-14,17,19-25,27H2,1H3,(H2,51,58)(H,53,57,59). The molecular weight excluding hydrogens is 843 g/mol. The first-order valence-electron chi connectivity index (χ1n) is 21.7. The molecule has 4 aliphatic rings. The van der Waals surface area contributed by atoms with Gasteiger partial charge in [0.05, 0.1) is 29.0 Å². The van der Waals surface area contributed by atoms with Gasteiger partial charge in [-0.2, -0.15) is 0 Å². The number of halogens is 2. The van der Waals surface area contributed by atoms with Crippen molar-refractivity contribution in [2.24, 2.45) is 11.7 Å². The van der Waals surface area contributed by atoms with Gasteiger partial charge < -0.3 is 30.3 Å². The van der Waals surface area contributed by atoms with Crippen LogP contribution in [0.2, 0.25) is 5.02 Å². The topological polar surface area (TPSA) is 181 Å². The fourth-order valence-corrected chi connectivity index (χ4v) is 9.66. The second-order valence-corrected chi connectivity index (χ2v) is 17.0. The van der Waals surface area contributed by atoms with Gasteiger partial charge in [0.15, 0.2) is 11.6 Å². The molecule has 2 unspecified atom stereocenters. The number of carbonyl (C=O) groups is 6. The maximum atomic E-state index is 16.2. The zero-order chi connectivity index (χ0) is 45.1. The fraction of sp³-hybridized carbons (Fsp3) is 0.375. The van der Waals surface area contributed by atoms with Crippen LogP contribution in [0.5, 0.6) is 5.75 Å². The molecule has 16 heteroatoms. The number of rotatable bonds is 14. The van der Waals surface area contributed by atoms with Crippen LogP contribution in [0.3, 0.4) is 0 Å². The predicted molar refractivity (Wildman–Crippen MR) is 237 cm³/mol. The Morgan fingerprint density at radius 1 is 0.844 bits per heavy atom. The molecule has 1 saturated carbocycles. The number of methoxy groups -OCH3 is 1. The Bertz CT molecular complexity index is 2470. The maximum absolute atomic E-state index is 16.2. The molecule has 4 aromatic rings. The fourth-order valence-electron chi connectivity index (χ4n) is 9.45. The van der Waals surface area contributed by atoms with E-state index in [1.807, 2.05) is 46.2 Å². The molecule has 4 aromatic carbocycles. The zero-order valence-corrected chi connectivity index (χ0v) is 36.2. The van der Waals surface area contributed by atoms with Crippen LogP contribution in [-0.4, -0.2) is 110 Å². The Labute approximate surface area is 375 Å². The summed E-state index contributed by atoms with van der Waals surface area (Å²) in [4.78, 5) is 82.8. The molecule has 334 valence electrons. The zero-order valence-electron chi connectivity index (χ0n) is 35.4. The summed E-state index contributed by atoms with van der Waals surface area (Å²) in [6.45, 7) is 2.74. The van der Waals surface area contributed by atoms with Crippen LogP contribution in [-0.2, 0) is 19.1 Å². The Morgan fingerprint density at radius 3 is 2.30 bits per heavy atom. The average Bonchev–Trinajstić information content (AvgIpc) is 3.56. The summed E-state index contributed by atoms with van der Waals surface area (Å²) in [5.74, 6) is -3.98. The molecule has 2 saturated heterocycles. The molecule has 0 radical (unpaired) electrons. The Morgan fingerprint density at radius 2 is 1.59 bits per heavy atom. The highest BCUT2D eigenvalue weighted by Crippen LogP contribution is 2.40. The molecule has 8 rings (SSSR count). The van der Waals surface area contributed by atoms with Crippen molar-refractivity contribution in [2.45, 2.75) is 56.5 Å². The van der Waals surface area contributed by atoms with E-state index in [1.54, 1.807) is 30.3 Å². The average molecular weight is 893 g/mol. The lowest BCUT2D eigenvalue weighted by Crippen LogP contribution is -2.54. The monoisotopic (exact) mass is 892 g/mol. The van der Waals surface area contributed by atoms with Crippen LogP contribution in [0.4, 0.5) is 10.1 Å². The molecule has 1 aliphatic carbocycles. The van der Waals surface area contributed by atoms with Crippen molar-refractivity contribution >= 4 is 52.7 Å². The Kier molecular flexibility index (Phi) is 13.4. The third-order valence-corrected chi connectivity index (χ3v) is 13.2. The Hall–Kier alpha value is -6.16. The van der Waals surface area contributed by atoms with Crippen LogP contribution in [0.25, 0.3) is 11.1 Å². The molecule has 2 atom stereocenters. The molecule has 3 fully saturated rings. The van der Waals surface area contributed by atoms with Crippen LogP contribution >= 0.6 is 11.6 Å². The predicted octanol–water partition coefficient (Wildman–Crippen LogP) is 5.30. The minimum absolute atomic E-state index is 0.0214. The highest BCUT2D eigenvalue weighted by atomic mass is 35.5. The number of piperidine rings is 1. The minimum Gasteiger partial charge on any atom is -0.488 e. The number of carbonyl (C=O) groups excluding carboxylic acids is 6. The number of amides is 6. The van der Waals surface area contributed by atoms with Gasteiger partial charge in [0, 0.05) is 80.3 Å². The highest BCUT2D eigenvalue weighted by molar-refractivity contribution is 6.33. The number of hydrogen-bond donors (Lipinski definition) is 3. The number of piperazine rings is 1. The molecule has 4 N–H and O–H groups in total. The van der Waals surface area contributed by atoms with Gasteiger partial charge in [0.2, 0.25) is 23.6 Å². The van der Waals surface area contributed by atoms with E-state index in [1.165, 1.54) is 19.2 Å². The first-order chi connectivity index (χ1) is 30.9. The smallest absolute Gasteiger partial charge is 0.264 e. The van der Waals surface area contributed by atoms with Crippen LogP contribution in [0.15, 0.2) is 78.9 Å². The van der Waals surface area contributed by atoms with Crippen molar-refractivity contribution in [3.8, 4) is 16.9 Å². The van der Waals surface area contributed by atoms with E-state index in [9.17, 15) is 28.8 Å². The number of anilines is 1. The van der Waals surface area contributed by atoms with Crippen molar-refractivity contribution in [3.63, 3.8) is 0 Å². The van der Waals surface area contributed by atoms with Gasteiger partial charge in [0.1, 0.15) is 12.6 Å². The van der Waals surface area contributed by atoms with E-state index in [-0.39, 0.29) is 82.9 Å². The minimum atomic E-state index is -1.05. The number of fused-ring (bicyclic) bond motifs is 1. The summed E-state index contributed by atoms with van der Waals surface area (Å²) in [6, 6.07) is 22.4. The number of hydrogen-bond acceptors (Lipinski definition) is 10. The summed E-state index contributed by atoms with van der Waals surface area (Å²) < 4.78 is 26.8. The molecule has 64 heavy (non-hydrogen) atoms. The summed E-state index contributed by atoms with van der Waals surface area (Å²) in [7, 11) is 1.51. The van der Waals surface area contributed by atoms with Gasteiger partial charge in [-0.15, -0.1) is 0 Å². The van der Waals surface area contributed by atoms with E-state index >= 15 is 4.39 Å². The van der Waals surface area contributed by atoms with E-state index in [2.05, 4.69) is 10.6 Å². The van der Waals surface area contributed by atoms with Gasteiger partial charge in [-0.3, -0.25) is 39.0 Å². The normalized spacial score (nSPS) is 20.5. The summed E-state index contributed by atoms with van der Waals surface area (Å²) in [5, 5.41) is 6.23. The van der Waals surface area contributed by atoms with Crippen molar-refractivity contribution in [2.75, 3.05) is 57.9 Å². The van der Waals surface area contributed by atoms with Crippen molar-refractivity contribution in [3.05, 3.63) is 118 Å². The lowest BCUT2D eigenvalue weighted by molar-refractivity contribution is -0.137. The lowest BCUT2D eigenvalue weighted by atomic mass is 9.84. The molecule has 3 aliphatic heterocycles. The van der Waals surface area contributed by atoms with Crippen molar-refractivity contribution in [1.29, 1.82) is 0 Å². The van der Waals surface area contributed by atoms with E-state index in [4.69, 9.17) is 26.8 Å². The third-order valence-electron chi connectivity index (χ3n) is 12.8. The molecule has 0 spiro atoms. The van der Waals surface area contributed by atoms with Crippen LogP contribution < -0.4 is 26.0 Å². The van der Waals surface area contributed by atoms with Gasteiger partial charge >= 0.3 is 0 Å². The number of primary amides is 1. The summed E-state index contributed by atoms with van der Waals surface area (Å²) in [5.41, 5.74) is 8.93. The third kappa shape index (κ3) is 8.97. The number of nitrogens with zero attached hydrogens (tertiary/aromatic N) is 3. The van der Waals surface area contributed by atoms with Crippen LogP contribution in [0.1, 0.15) is 86.6 Å². The number of nitrogens with two attached hydrogens (primary N) is 1. The van der Waals surface area contributed by atoms with E-state index in [0.717, 1.165) is 41.7 Å². The van der Waals surface area contributed by atoms with Gasteiger partial charge in [0.25, 0.3) is 11.8 Å². The SMILES string of the molecule is COCCOc1ccc(C(N)=O)c(-c2cc(C(CNC3CCC(C(=O)N4CCN(c5cccc6c5C(=O)N(C5CCC(=O)NC5=O)C6=O)CC4)CC3)c3ccccc3)ccc2Cl)c1F. The maximum Gasteiger partial charge on any atom is 0.264 e. The van der Waals surface area contributed by atoms with Crippen molar-refractivity contribution in [1.82, 2.24) is 20.4 Å². The van der Waals surface area contributed by atoms with Crippen LogP contribution in [0, 0.1) is 11.7 Å². The number of ether oxygens (including phenoxy) is 2. The first-order valence-corrected chi connectivity index (χ1v) is 22.0. The molecule has 14 nitrogen and oxygen atoms in total. The molecular formula is C48H50ClFN6O8. The molecule has 0 aromatic heterocycles. The number of nitrogens with one attached hydrogen (secondary N) is 2. The quantitative estimate of drug-likeness (QED) is 0.111. The Balaban J connectivity index is 0.900. The van der Waals surface area contributed by atoms with Gasteiger partial charge in [-0.1, -0.05) is 54.1 Å². The van der Waals surface area contributed by atoms with Gasteiger partial charge in [-0.25, -0.2) is 4.39 Å². The molecule has 3 heterocycles. The number of benzene rings is 4. The first kappa shape index (κ1) is 44.4.